The molecule has 0 aliphatic heterocycles. The van der Waals surface area contributed by atoms with Crippen LogP contribution < -0.4 is 0 Å². The minimum Gasteiger partial charge on any atom is -0.473 e. The second kappa shape index (κ2) is 8.98. The second-order valence-electron chi connectivity index (χ2n) is 3.89. The van der Waals surface area contributed by atoms with Crippen molar-refractivity contribution in [2.45, 2.75) is 0 Å². The van der Waals surface area contributed by atoms with E-state index in [1.54, 1.807) is 67.8 Å². The van der Waals surface area contributed by atoms with Gasteiger partial charge in [-0.25, -0.2) is 0 Å². The highest BCUT2D eigenvalue weighted by Crippen LogP contribution is 2.05. The molecule has 0 saturated carbocycles. The highest BCUT2D eigenvalue weighted by atomic mass is 16.3. The Morgan fingerprint density at radius 1 is 0.667 bits per heavy atom. The number of rotatable bonds is 0. The van der Waals surface area contributed by atoms with Gasteiger partial charge in [0.25, 0.3) is 0 Å². The van der Waals surface area contributed by atoms with Crippen LogP contribution in [-0.2, 0) is 0 Å². The summed E-state index contributed by atoms with van der Waals surface area (Å²) in [6.45, 7) is 0. The van der Waals surface area contributed by atoms with Crippen LogP contribution in [0.3, 0.4) is 0 Å². The Bertz CT molecular complexity index is 678. The number of para-hydroxylation sites is 1. The fourth-order valence-electron chi connectivity index (χ4n) is 1.46. The molecule has 0 amide bonds. The molecule has 1 aromatic carbocycles. The summed E-state index contributed by atoms with van der Waals surface area (Å²) >= 11 is 0. The smallest absolute Gasteiger partial charge is 0.0901 e. The summed E-state index contributed by atoms with van der Waals surface area (Å²) in [5, 5.41) is 0.938. The van der Waals surface area contributed by atoms with Gasteiger partial charge in [0, 0.05) is 36.4 Å². The van der Waals surface area contributed by atoms with Crippen LogP contribution in [-0.4, -0.2) is 15.0 Å². The molecule has 21 heavy (non-hydrogen) atoms. The first-order chi connectivity index (χ1) is 10.5. The molecule has 1 heterocycles. The third-order valence-corrected chi connectivity index (χ3v) is 2.40. The Hall–Kier alpha value is -3.01. The fraction of sp³-hybridized carbons (Fsp3) is 0. The molecule has 0 atom stereocenters. The molecule has 1 aromatic heterocycles. The molecular weight excluding hydrogens is 262 g/mol. The van der Waals surface area contributed by atoms with Gasteiger partial charge in [-0.1, -0.05) is 18.2 Å². The summed E-state index contributed by atoms with van der Waals surface area (Å²) in [6, 6.07) is 14.8. The molecule has 0 fully saturated rings. The van der Waals surface area contributed by atoms with Gasteiger partial charge < -0.3 is 4.42 Å². The average molecular weight is 277 g/mol. The van der Waals surface area contributed by atoms with Crippen LogP contribution in [0.1, 0.15) is 0 Å². The van der Waals surface area contributed by atoms with Gasteiger partial charge in [-0.05, 0) is 30.3 Å². The zero-order chi connectivity index (χ0) is 14.6. The van der Waals surface area contributed by atoms with Gasteiger partial charge in [0.05, 0.1) is 18.0 Å². The minimum absolute atomic E-state index is 0.848. The molecule has 0 aliphatic rings. The van der Waals surface area contributed by atoms with Crippen molar-refractivity contribution < 1.29 is 4.42 Å². The van der Waals surface area contributed by atoms with Gasteiger partial charge in [0.15, 0.2) is 0 Å². The molecule has 0 bridgehead atoms. The minimum atomic E-state index is 0.848. The van der Waals surface area contributed by atoms with E-state index in [9.17, 15) is 0 Å². The maximum absolute atomic E-state index is 5.14. The topological polar surface area (TPSA) is 51.8 Å². The third-order valence-electron chi connectivity index (χ3n) is 2.40. The summed E-state index contributed by atoms with van der Waals surface area (Å²) in [6.07, 6.45) is 11.5. The van der Waals surface area contributed by atoms with E-state index >= 15 is 0 Å². The lowest BCUT2D eigenvalue weighted by Gasteiger charge is -1.88. The van der Waals surface area contributed by atoms with E-state index in [1.165, 1.54) is 0 Å². The van der Waals surface area contributed by atoms with E-state index in [4.69, 9.17) is 4.42 Å². The van der Waals surface area contributed by atoms with Gasteiger partial charge in [-0.2, -0.15) is 0 Å². The Balaban J connectivity index is 2.56. The van der Waals surface area contributed by atoms with Crippen molar-refractivity contribution >= 4 is 10.9 Å². The Kier molecular flexibility index (Phi) is 6.16. The van der Waals surface area contributed by atoms with Crippen molar-refractivity contribution in [2.75, 3.05) is 0 Å². The molecular formula is C17H15N3O. The molecule has 0 spiro atoms. The van der Waals surface area contributed by atoms with E-state index in [-0.39, 0.29) is 0 Å². The second-order valence-corrected chi connectivity index (χ2v) is 3.89. The van der Waals surface area contributed by atoms with Crippen molar-refractivity contribution in [3.05, 3.63) is 92.0 Å². The van der Waals surface area contributed by atoms with Crippen molar-refractivity contribution in [3.8, 4) is 0 Å². The first kappa shape index (κ1) is 14.4. The van der Waals surface area contributed by atoms with Crippen molar-refractivity contribution in [2.24, 2.45) is 0 Å². The van der Waals surface area contributed by atoms with Gasteiger partial charge >= 0.3 is 0 Å². The first-order valence-corrected chi connectivity index (χ1v) is 6.44. The first-order valence-electron chi connectivity index (χ1n) is 6.44. The lowest BCUT2D eigenvalue weighted by atomic mass is 10.2. The number of nitrogens with zero attached hydrogens (tertiary/aromatic N) is 3. The Morgan fingerprint density at radius 2 is 1.43 bits per heavy atom. The van der Waals surface area contributed by atoms with Crippen molar-refractivity contribution in [1.82, 2.24) is 15.0 Å². The highest BCUT2D eigenvalue weighted by Gasteiger charge is 1.85. The van der Waals surface area contributed by atoms with Crippen molar-refractivity contribution in [1.29, 1.82) is 0 Å². The monoisotopic (exact) mass is 277 g/mol. The van der Waals surface area contributed by atoms with E-state index in [1.807, 2.05) is 24.3 Å². The molecule has 2 rings (SSSR count). The molecule has 0 N–H and O–H groups in total. The van der Waals surface area contributed by atoms with E-state index < -0.39 is 0 Å². The summed E-state index contributed by atoms with van der Waals surface area (Å²) in [5.41, 5.74) is 0.848. The van der Waals surface area contributed by atoms with Crippen LogP contribution in [0.4, 0.5) is 0 Å². The maximum atomic E-state index is 5.14. The molecule has 0 radical (unpaired) electrons. The molecule has 104 valence electrons. The zero-order valence-corrected chi connectivity index (χ0v) is 11.4. The number of fused-ring (bicyclic) bond motifs is 1. The number of hydrogen-bond donors (Lipinski definition) is 0. The fourth-order valence-corrected chi connectivity index (χ4v) is 1.46. The van der Waals surface area contributed by atoms with Crippen LogP contribution in [0.25, 0.3) is 10.9 Å². The SMILES string of the molecule is c1ccoccccnc2ccccc2cnccnc1. The third kappa shape index (κ3) is 5.65. The highest BCUT2D eigenvalue weighted by molar-refractivity contribution is 5.76. The lowest BCUT2D eigenvalue weighted by molar-refractivity contribution is 0.554. The summed E-state index contributed by atoms with van der Waals surface area (Å²) < 4.78 is 5.14. The van der Waals surface area contributed by atoms with Gasteiger partial charge in [0.1, 0.15) is 0 Å². The van der Waals surface area contributed by atoms with E-state index in [2.05, 4.69) is 15.0 Å². The largest absolute Gasteiger partial charge is 0.473 e. The van der Waals surface area contributed by atoms with E-state index in [0.717, 1.165) is 10.9 Å². The number of hydrogen-bond acceptors (Lipinski definition) is 4. The Morgan fingerprint density at radius 3 is 2.33 bits per heavy atom. The maximum Gasteiger partial charge on any atom is 0.0901 e. The molecule has 0 aliphatic carbocycles. The molecule has 0 saturated heterocycles. The number of aromatic nitrogens is 3. The van der Waals surface area contributed by atoms with Crippen LogP contribution in [0, 0.1) is 0 Å². The van der Waals surface area contributed by atoms with Crippen LogP contribution in [0.2, 0.25) is 0 Å². The number of benzene rings is 1. The zero-order valence-electron chi connectivity index (χ0n) is 11.4. The average Bonchev–Trinajstić information content (AvgIpc) is 2.52. The molecule has 2 aromatic rings. The van der Waals surface area contributed by atoms with E-state index in [0.29, 0.717) is 0 Å². The predicted octanol–water partition coefficient (Wildman–Crippen LogP) is 3.99. The van der Waals surface area contributed by atoms with Gasteiger partial charge in [-0.15, -0.1) is 0 Å². The van der Waals surface area contributed by atoms with Crippen LogP contribution >= 0.6 is 0 Å². The normalized spacial score (nSPS) is 8.95. The summed E-state index contributed by atoms with van der Waals surface area (Å²) in [4.78, 5) is 12.6. The molecule has 4 heteroatoms. The van der Waals surface area contributed by atoms with Gasteiger partial charge in [0.2, 0.25) is 0 Å². The lowest BCUT2D eigenvalue weighted by Crippen LogP contribution is -1.72. The summed E-state index contributed by atoms with van der Waals surface area (Å²) in [7, 11) is 0. The van der Waals surface area contributed by atoms with Crippen LogP contribution in [0.15, 0.2) is 96.5 Å². The quantitative estimate of drug-likeness (QED) is 0.730. The van der Waals surface area contributed by atoms with Gasteiger partial charge in [-0.3, -0.25) is 15.0 Å². The molecule has 4 nitrogen and oxygen atoms in total. The molecule has 0 unspecified atom stereocenters. The summed E-state index contributed by atoms with van der Waals surface area (Å²) in [5.74, 6) is 0. The standard InChI is InChI=1S/C17H15N3O/c1-2-8-17-16(7-1)15-19-12-11-18-9-3-5-13-21-14-6-4-10-20-17/h1-15H. The Labute approximate surface area is 123 Å². The predicted molar refractivity (Wildman–Crippen MR) is 82.5 cm³/mol. The van der Waals surface area contributed by atoms with Crippen molar-refractivity contribution in [3.63, 3.8) is 0 Å². The van der Waals surface area contributed by atoms with Crippen LogP contribution in [0.5, 0.6) is 0 Å².